The Kier molecular flexibility index (Phi) is 5.95. The summed E-state index contributed by atoms with van der Waals surface area (Å²) in [6.45, 7) is 4.34. The van der Waals surface area contributed by atoms with E-state index in [9.17, 15) is 9.59 Å². The largest absolute Gasteiger partial charge is 0.355 e. The molecule has 0 aliphatic carbocycles. The predicted molar refractivity (Wildman–Crippen MR) is 88.1 cm³/mol. The molecule has 0 spiro atoms. The Labute approximate surface area is 132 Å². The molecule has 5 nitrogen and oxygen atoms in total. The van der Waals surface area contributed by atoms with Gasteiger partial charge in [-0.15, -0.1) is 0 Å². The number of nitrogens with zero attached hydrogens (tertiary/aromatic N) is 1. The number of hydrogen-bond donors (Lipinski definition) is 2. The molecule has 1 heterocycles. The Bertz CT molecular complexity index is 535. The standard InChI is InChI=1S/C17H25N3O2/c1-13-11-14(17(22)18-2)7-8-15(13)19-16(21)12-20-9-5-3-4-6-10-20/h7-8,11H,3-6,9-10,12H2,1-2H3,(H,18,22)(H,19,21). The van der Waals surface area contributed by atoms with E-state index >= 15 is 0 Å². The Morgan fingerprint density at radius 3 is 2.41 bits per heavy atom. The van der Waals surface area contributed by atoms with Crippen molar-refractivity contribution < 1.29 is 9.59 Å². The zero-order valence-electron chi connectivity index (χ0n) is 13.4. The molecule has 0 bridgehead atoms. The van der Waals surface area contributed by atoms with Gasteiger partial charge in [-0.05, 0) is 56.6 Å². The van der Waals surface area contributed by atoms with E-state index in [1.54, 1.807) is 25.2 Å². The molecule has 120 valence electrons. The lowest BCUT2D eigenvalue weighted by atomic mass is 10.1. The summed E-state index contributed by atoms with van der Waals surface area (Å²) in [6.07, 6.45) is 4.87. The van der Waals surface area contributed by atoms with Crippen LogP contribution in [-0.2, 0) is 4.79 Å². The van der Waals surface area contributed by atoms with Crippen molar-refractivity contribution in [3.63, 3.8) is 0 Å². The van der Waals surface area contributed by atoms with Crippen molar-refractivity contribution in [3.8, 4) is 0 Å². The number of carbonyl (C=O) groups excluding carboxylic acids is 2. The maximum Gasteiger partial charge on any atom is 0.251 e. The molecule has 1 aliphatic rings. The lowest BCUT2D eigenvalue weighted by molar-refractivity contribution is -0.117. The van der Waals surface area contributed by atoms with Crippen LogP contribution in [0.25, 0.3) is 0 Å². The molecule has 2 rings (SSSR count). The van der Waals surface area contributed by atoms with Gasteiger partial charge in [-0.2, -0.15) is 0 Å². The third-order valence-electron chi connectivity index (χ3n) is 4.06. The predicted octanol–water partition coefficient (Wildman–Crippen LogP) is 2.17. The van der Waals surface area contributed by atoms with Crippen LogP contribution in [0.15, 0.2) is 18.2 Å². The quantitative estimate of drug-likeness (QED) is 0.896. The van der Waals surface area contributed by atoms with Crippen LogP contribution in [0.2, 0.25) is 0 Å². The van der Waals surface area contributed by atoms with E-state index in [0.717, 1.165) is 24.3 Å². The van der Waals surface area contributed by atoms with Crippen LogP contribution in [-0.4, -0.2) is 43.4 Å². The van der Waals surface area contributed by atoms with Crippen LogP contribution in [0.4, 0.5) is 5.69 Å². The van der Waals surface area contributed by atoms with Crippen molar-refractivity contribution in [2.45, 2.75) is 32.6 Å². The lowest BCUT2D eigenvalue weighted by Crippen LogP contribution is -2.34. The molecule has 2 amide bonds. The zero-order chi connectivity index (χ0) is 15.9. The normalized spacial score (nSPS) is 15.9. The van der Waals surface area contributed by atoms with Gasteiger partial charge in [0.2, 0.25) is 5.91 Å². The highest BCUT2D eigenvalue weighted by Crippen LogP contribution is 2.17. The van der Waals surface area contributed by atoms with E-state index in [1.165, 1.54) is 25.7 Å². The van der Waals surface area contributed by atoms with Crippen molar-refractivity contribution in [1.82, 2.24) is 10.2 Å². The third kappa shape index (κ3) is 4.56. The number of benzene rings is 1. The number of anilines is 1. The highest BCUT2D eigenvalue weighted by Gasteiger charge is 2.14. The molecular weight excluding hydrogens is 278 g/mol. The molecule has 0 radical (unpaired) electrons. The number of carbonyl (C=O) groups is 2. The monoisotopic (exact) mass is 303 g/mol. The average Bonchev–Trinajstić information content (AvgIpc) is 2.77. The molecule has 1 saturated heterocycles. The number of rotatable bonds is 4. The number of aryl methyl sites for hydroxylation is 1. The number of nitrogens with one attached hydrogen (secondary N) is 2. The molecule has 0 unspecified atom stereocenters. The minimum absolute atomic E-state index is 0.0118. The second kappa shape index (κ2) is 7.94. The van der Waals surface area contributed by atoms with E-state index in [4.69, 9.17) is 0 Å². The molecule has 0 saturated carbocycles. The number of hydrogen-bond acceptors (Lipinski definition) is 3. The fourth-order valence-electron chi connectivity index (χ4n) is 2.78. The fraction of sp³-hybridized carbons (Fsp3) is 0.529. The van der Waals surface area contributed by atoms with Crippen LogP contribution >= 0.6 is 0 Å². The summed E-state index contributed by atoms with van der Waals surface area (Å²) < 4.78 is 0. The average molecular weight is 303 g/mol. The summed E-state index contributed by atoms with van der Waals surface area (Å²) in [6, 6.07) is 5.31. The summed E-state index contributed by atoms with van der Waals surface area (Å²) in [5.41, 5.74) is 2.27. The molecular formula is C17H25N3O2. The summed E-state index contributed by atoms with van der Waals surface area (Å²) in [4.78, 5) is 26.0. The van der Waals surface area contributed by atoms with Gasteiger partial charge in [0.25, 0.3) is 5.91 Å². The smallest absolute Gasteiger partial charge is 0.251 e. The maximum atomic E-state index is 12.2. The van der Waals surface area contributed by atoms with Crippen molar-refractivity contribution in [3.05, 3.63) is 29.3 Å². The Hall–Kier alpha value is -1.88. The highest BCUT2D eigenvalue weighted by atomic mass is 16.2. The molecule has 0 atom stereocenters. The summed E-state index contributed by atoms with van der Waals surface area (Å²) in [7, 11) is 1.61. The molecule has 2 N–H and O–H groups in total. The van der Waals surface area contributed by atoms with Gasteiger partial charge in [0, 0.05) is 18.3 Å². The Morgan fingerprint density at radius 2 is 1.82 bits per heavy atom. The first kappa shape index (κ1) is 16.5. The van der Waals surface area contributed by atoms with Crippen molar-refractivity contribution in [2.24, 2.45) is 0 Å². The van der Waals surface area contributed by atoms with E-state index in [2.05, 4.69) is 15.5 Å². The lowest BCUT2D eigenvalue weighted by Gasteiger charge is -2.19. The molecule has 1 aromatic carbocycles. The van der Waals surface area contributed by atoms with Crippen molar-refractivity contribution in [2.75, 3.05) is 32.0 Å². The molecule has 1 aliphatic heterocycles. The number of amides is 2. The Morgan fingerprint density at radius 1 is 1.14 bits per heavy atom. The summed E-state index contributed by atoms with van der Waals surface area (Å²) in [5, 5.41) is 5.55. The van der Waals surface area contributed by atoms with Crippen LogP contribution in [0, 0.1) is 6.92 Å². The van der Waals surface area contributed by atoms with Crippen molar-refractivity contribution in [1.29, 1.82) is 0 Å². The first-order valence-electron chi connectivity index (χ1n) is 7.95. The second-order valence-electron chi connectivity index (χ2n) is 5.85. The highest BCUT2D eigenvalue weighted by molar-refractivity contribution is 5.96. The van der Waals surface area contributed by atoms with Gasteiger partial charge in [0.05, 0.1) is 6.54 Å². The topological polar surface area (TPSA) is 61.4 Å². The summed E-state index contributed by atoms with van der Waals surface area (Å²) in [5.74, 6) is -0.108. The van der Waals surface area contributed by atoms with Gasteiger partial charge in [-0.1, -0.05) is 12.8 Å². The van der Waals surface area contributed by atoms with E-state index in [1.807, 2.05) is 6.92 Å². The fourth-order valence-corrected chi connectivity index (χ4v) is 2.78. The minimum atomic E-state index is -0.120. The molecule has 1 aromatic rings. The van der Waals surface area contributed by atoms with Gasteiger partial charge in [-0.25, -0.2) is 0 Å². The van der Waals surface area contributed by atoms with Gasteiger partial charge in [0.1, 0.15) is 0 Å². The summed E-state index contributed by atoms with van der Waals surface area (Å²) >= 11 is 0. The minimum Gasteiger partial charge on any atom is -0.355 e. The first-order chi connectivity index (χ1) is 10.6. The van der Waals surface area contributed by atoms with E-state index in [-0.39, 0.29) is 11.8 Å². The SMILES string of the molecule is CNC(=O)c1ccc(NC(=O)CN2CCCCCC2)c(C)c1. The first-order valence-corrected chi connectivity index (χ1v) is 7.95. The zero-order valence-corrected chi connectivity index (χ0v) is 13.4. The van der Waals surface area contributed by atoms with Crippen LogP contribution in [0.3, 0.4) is 0 Å². The molecule has 22 heavy (non-hydrogen) atoms. The van der Waals surface area contributed by atoms with Gasteiger partial charge in [-0.3, -0.25) is 14.5 Å². The maximum absolute atomic E-state index is 12.2. The second-order valence-corrected chi connectivity index (χ2v) is 5.85. The third-order valence-corrected chi connectivity index (χ3v) is 4.06. The van der Waals surface area contributed by atoms with Crippen LogP contribution in [0.5, 0.6) is 0 Å². The molecule has 1 fully saturated rings. The Balaban J connectivity index is 1.94. The molecule has 5 heteroatoms. The van der Waals surface area contributed by atoms with Crippen LogP contribution in [0.1, 0.15) is 41.6 Å². The van der Waals surface area contributed by atoms with Gasteiger partial charge >= 0.3 is 0 Å². The van der Waals surface area contributed by atoms with E-state index < -0.39 is 0 Å². The van der Waals surface area contributed by atoms with Gasteiger partial charge < -0.3 is 10.6 Å². The molecule has 0 aromatic heterocycles. The van der Waals surface area contributed by atoms with Gasteiger partial charge in [0.15, 0.2) is 0 Å². The van der Waals surface area contributed by atoms with E-state index in [0.29, 0.717) is 12.1 Å². The van der Waals surface area contributed by atoms with Crippen LogP contribution < -0.4 is 10.6 Å². The van der Waals surface area contributed by atoms with Crippen molar-refractivity contribution >= 4 is 17.5 Å². The number of likely N-dealkylation sites (tertiary alicyclic amines) is 1.